The summed E-state index contributed by atoms with van der Waals surface area (Å²) in [5, 5.41) is 15.6. The number of ether oxygens (including phenoxy) is 1. The van der Waals surface area contributed by atoms with E-state index in [2.05, 4.69) is 15.5 Å². The third kappa shape index (κ3) is 10.4. The zero-order valence-electron chi connectivity index (χ0n) is 24.5. The Labute approximate surface area is 264 Å². The van der Waals surface area contributed by atoms with Gasteiger partial charge in [-0.15, -0.1) is 0 Å². The maximum atomic E-state index is 12.6. The molecule has 3 N–H and O–H groups in total. The van der Waals surface area contributed by atoms with Gasteiger partial charge in [0.05, 0.1) is 15.7 Å². The first-order valence-corrected chi connectivity index (χ1v) is 16.0. The highest BCUT2D eigenvalue weighted by molar-refractivity contribution is 6.37. The third-order valence-corrected chi connectivity index (χ3v) is 8.35. The average Bonchev–Trinajstić information content (AvgIpc) is 3.02. The highest BCUT2D eigenvalue weighted by Gasteiger charge is 2.22. The molecule has 3 aromatic rings. The van der Waals surface area contributed by atoms with Gasteiger partial charge in [0.15, 0.2) is 5.75 Å². The van der Waals surface area contributed by atoms with E-state index in [0.29, 0.717) is 12.1 Å². The summed E-state index contributed by atoms with van der Waals surface area (Å²) in [6, 6.07) is 20.6. The normalized spacial score (nSPS) is 13.9. The van der Waals surface area contributed by atoms with Crippen LogP contribution in [0.5, 0.6) is 5.75 Å². The number of likely N-dealkylation sites (tertiary alicyclic amines) is 1. The minimum atomic E-state index is -0.392. The second-order valence-electron chi connectivity index (χ2n) is 11.0. The van der Waals surface area contributed by atoms with E-state index in [-0.39, 0.29) is 27.8 Å². The van der Waals surface area contributed by atoms with Gasteiger partial charge in [-0.1, -0.05) is 104 Å². The number of amides is 2. The van der Waals surface area contributed by atoms with E-state index in [1.165, 1.54) is 37.8 Å². The fourth-order valence-electron chi connectivity index (χ4n) is 5.35. The Morgan fingerprint density at radius 2 is 1.44 bits per heavy atom. The van der Waals surface area contributed by atoms with Crippen LogP contribution in [0.15, 0.2) is 66.7 Å². The topological polar surface area (TPSA) is 90.9 Å². The lowest BCUT2D eigenvalue weighted by Crippen LogP contribution is -2.38. The van der Waals surface area contributed by atoms with Gasteiger partial charge in [-0.3, -0.25) is 10.1 Å². The van der Waals surface area contributed by atoms with Gasteiger partial charge in [0.1, 0.15) is 6.10 Å². The van der Waals surface area contributed by atoms with Crippen molar-refractivity contribution < 1.29 is 19.4 Å². The van der Waals surface area contributed by atoms with E-state index in [1.807, 2.05) is 54.6 Å². The Morgan fingerprint density at radius 1 is 0.837 bits per heavy atom. The number of hydrogen-bond acceptors (Lipinski definition) is 5. The summed E-state index contributed by atoms with van der Waals surface area (Å²) >= 11 is 11.8. The van der Waals surface area contributed by atoms with Gasteiger partial charge in [-0.2, -0.15) is 0 Å². The second kappa shape index (κ2) is 17.1. The molecular weight excluding hydrogens is 585 g/mol. The van der Waals surface area contributed by atoms with Crippen LogP contribution < -0.4 is 10.6 Å². The number of phenols is 1. The lowest BCUT2D eigenvalue weighted by Gasteiger charge is -2.31. The highest BCUT2D eigenvalue weighted by atomic mass is 35.5. The molecule has 4 rings (SSSR count). The van der Waals surface area contributed by atoms with Gasteiger partial charge >= 0.3 is 6.09 Å². The molecule has 0 unspecified atom stereocenters. The zero-order valence-corrected chi connectivity index (χ0v) is 26.0. The number of piperidine rings is 1. The van der Waals surface area contributed by atoms with E-state index in [9.17, 15) is 14.7 Å². The predicted molar refractivity (Wildman–Crippen MR) is 174 cm³/mol. The van der Waals surface area contributed by atoms with Gasteiger partial charge < -0.3 is 20.1 Å². The predicted octanol–water partition coefficient (Wildman–Crippen LogP) is 8.54. The van der Waals surface area contributed by atoms with Gasteiger partial charge in [0.25, 0.3) is 5.91 Å². The van der Waals surface area contributed by atoms with Crippen molar-refractivity contribution in [1.29, 1.82) is 0 Å². The number of nitrogens with one attached hydrogen (secondary N) is 2. The number of hydrogen-bond donors (Lipinski definition) is 3. The molecule has 0 saturated carbocycles. The monoisotopic (exact) mass is 625 g/mol. The molecule has 1 aliphatic rings. The molecule has 0 radical (unpaired) electrons. The van der Waals surface area contributed by atoms with Crippen LogP contribution >= 0.6 is 23.2 Å². The van der Waals surface area contributed by atoms with Crippen molar-refractivity contribution in [1.82, 2.24) is 10.2 Å². The first-order valence-electron chi connectivity index (χ1n) is 15.2. The largest absolute Gasteiger partial charge is 0.505 e. The van der Waals surface area contributed by atoms with E-state index in [0.717, 1.165) is 68.6 Å². The van der Waals surface area contributed by atoms with Crippen LogP contribution in [0.2, 0.25) is 10.0 Å². The number of carbonyl (C=O) groups is 2. The molecule has 0 atom stereocenters. The van der Waals surface area contributed by atoms with Crippen molar-refractivity contribution in [2.45, 2.75) is 63.9 Å². The number of phenolic OH excluding ortho intramolecular Hbond substituents is 1. The molecule has 3 aromatic carbocycles. The van der Waals surface area contributed by atoms with Crippen molar-refractivity contribution in [3.63, 3.8) is 0 Å². The van der Waals surface area contributed by atoms with Crippen LogP contribution in [0.3, 0.4) is 0 Å². The maximum absolute atomic E-state index is 12.6. The number of halogens is 2. The average molecular weight is 627 g/mol. The minimum Gasteiger partial charge on any atom is -0.505 e. The van der Waals surface area contributed by atoms with Crippen molar-refractivity contribution in [2.75, 3.05) is 31.5 Å². The maximum Gasteiger partial charge on any atom is 0.411 e. The molecule has 1 saturated heterocycles. The van der Waals surface area contributed by atoms with Crippen LogP contribution in [-0.2, 0) is 4.74 Å². The Morgan fingerprint density at radius 3 is 2.14 bits per heavy atom. The molecule has 0 aliphatic carbocycles. The number of carbonyl (C=O) groups excluding carboxylic acids is 2. The second-order valence-corrected chi connectivity index (χ2v) is 11.8. The smallest absolute Gasteiger partial charge is 0.411 e. The van der Waals surface area contributed by atoms with Gasteiger partial charge in [-0.25, -0.2) is 4.79 Å². The van der Waals surface area contributed by atoms with Gasteiger partial charge in [0.2, 0.25) is 0 Å². The number of anilines is 1. The van der Waals surface area contributed by atoms with Crippen molar-refractivity contribution in [2.24, 2.45) is 0 Å². The first-order chi connectivity index (χ1) is 20.9. The molecule has 0 spiro atoms. The van der Waals surface area contributed by atoms with E-state index in [4.69, 9.17) is 27.9 Å². The van der Waals surface area contributed by atoms with Crippen molar-refractivity contribution >= 4 is 40.9 Å². The lowest BCUT2D eigenvalue weighted by molar-refractivity contribution is 0.0584. The molecule has 230 valence electrons. The SMILES string of the molecule is O=C(Nc1ccccc1-c1ccccc1)OC1CCN(CCCCCCCCCNC(=O)c2cc(Cl)c(O)c(Cl)c2)CC1. The molecule has 9 heteroatoms. The molecule has 7 nitrogen and oxygen atoms in total. The van der Waals surface area contributed by atoms with Crippen LogP contribution in [0.1, 0.15) is 68.1 Å². The summed E-state index contributed by atoms with van der Waals surface area (Å²) in [4.78, 5) is 27.4. The van der Waals surface area contributed by atoms with E-state index < -0.39 is 6.09 Å². The minimum absolute atomic E-state index is 0.0541. The summed E-state index contributed by atoms with van der Waals surface area (Å²) in [6.45, 7) is 3.58. The number of para-hydroxylation sites is 1. The number of rotatable bonds is 14. The molecule has 0 bridgehead atoms. The summed E-state index contributed by atoms with van der Waals surface area (Å²) in [5.74, 6) is -0.454. The standard InChI is InChI=1S/C34H41Cl2N3O4/c35-29-23-26(24-30(36)32(29)40)33(41)37-19-11-4-2-1-3-5-12-20-39-21-17-27(18-22-39)43-34(42)38-31-16-10-9-15-28(31)25-13-7-6-8-14-25/h6-10,13-16,23-24,27,40H,1-5,11-12,17-22H2,(H,37,41)(H,38,42). The van der Waals surface area contributed by atoms with Crippen molar-refractivity contribution in [3.8, 4) is 16.9 Å². The summed E-state index contributed by atoms with van der Waals surface area (Å²) in [6.07, 6.45) is 9.18. The molecule has 1 aliphatic heterocycles. The zero-order chi connectivity index (χ0) is 30.4. The van der Waals surface area contributed by atoms with Gasteiger partial charge in [0, 0.05) is 30.8 Å². The fraction of sp³-hybridized carbons (Fsp3) is 0.412. The van der Waals surface area contributed by atoms with Crippen LogP contribution in [0.4, 0.5) is 10.5 Å². The summed E-state index contributed by atoms with van der Waals surface area (Å²) in [5.41, 5.74) is 3.13. The molecule has 1 fully saturated rings. The third-order valence-electron chi connectivity index (χ3n) is 7.77. The van der Waals surface area contributed by atoms with Gasteiger partial charge in [-0.05, 0) is 56.0 Å². The molecule has 1 heterocycles. The number of aromatic hydroxyl groups is 1. The summed E-state index contributed by atoms with van der Waals surface area (Å²) in [7, 11) is 0. The number of nitrogens with zero attached hydrogens (tertiary/aromatic N) is 1. The number of unbranched alkanes of at least 4 members (excludes halogenated alkanes) is 6. The number of benzene rings is 3. The Kier molecular flexibility index (Phi) is 13.0. The van der Waals surface area contributed by atoms with E-state index >= 15 is 0 Å². The molecular formula is C34H41Cl2N3O4. The first kappa shape index (κ1) is 32.6. The highest BCUT2D eigenvalue weighted by Crippen LogP contribution is 2.32. The van der Waals surface area contributed by atoms with Crippen LogP contribution in [0.25, 0.3) is 11.1 Å². The quantitative estimate of drug-likeness (QED) is 0.156. The lowest BCUT2D eigenvalue weighted by atomic mass is 10.0. The molecule has 0 aromatic heterocycles. The molecule has 43 heavy (non-hydrogen) atoms. The summed E-state index contributed by atoms with van der Waals surface area (Å²) < 4.78 is 5.76. The Hall–Kier alpha value is -3.26. The fourth-order valence-corrected chi connectivity index (χ4v) is 5.84. The van der Waals surface area contributed by atoms with E-state index in [1.54, 1.807) is 0 Å². The molecule has 2 amide bonds. The van der Waals surface area contributed by atoms with Crippen LogP contribution in [-0.4, -0.2) is 54.3 Å². The van der Waals surface area contributed by atoms with Crippen LogP contribution in [0, 0.1) is 0 Å². The van der Waals surface area contributed by atoms with Crippen molar-refractivity contribution in [3.05, 3.63) is 82.3 Å². The Bertz CT molecular complexity index is 1310. The Balaban J connectivity index is 1.01.